The Bertz CT molecular complexity index is 1010. The van der Waals surface area contributed by atoms with Gasteiger partial charge in [-0.15, -0.1) is 0 Å². The number of imidazole rings is 1. The van der Waals surface area contributed by atoms with Crippen LogP contribution in [0.5, 0.6) is 0 Å². The van der Waals surface area contributed by atoms with Crippen molar-refractivity contribution in [3.63, 3.8) is 0 Å². The van der Waals surface area contributed by atoms with Crippen LogP contribution < -0.4 is 10.5 Å². The fraction of sp³-hybridized carbons (Fsp3) is 0.381. The van der Waals surface area contributed by atoms with E-state index in [-0.39, 0.29) is 6.54 Å². The summed E-state index contributed by atoms with van der Waals surface area (Å²) in [6, 6.07) is 13.1. The van der Waals surface area contributed by atoms with E-state index in [1.54, 1.807) is 18.2 Å². The summed E-state index contributed by atoms with van der Waals surface area (Å²) < 4.78 is 3.89. The van der Waals surface area contributed by atoms with Gasteiger partial charge in [0, 0.05) is 0 Å². The third kappa shape index (κ3) is 4.28. The van der Waals surface area contributed by atoms with Gasteiger partial charge in [0.05, 0.1) is 59.9 Å². The molecule has 0 aliphatic carbocycles. The monoisotopic (exact) mass is 421 g/mol. The van der Waals surface area contributed by atoms with Gasteiger partial charge in [-0.3, -0.25) is 5.41 Å². The van der Waals surface area contributed by atoms with Crippen LogP contribution in [0, 0.1) is 5.41 Å². The highest BCUT2D eigenvalue weighted by Gasteiger charge is 2.16. The topological polar surface area (TPSA) is 58.4 Å². The molecule has 0 aliphatic heterocycles. The van der Waals surface area contributed by atoms with Gasteiger partial charge < -0.3 is 19.1 Å². The maximum atomic E-state index is 10.8. The first-order valence-electron chi connectivity index (χ1n) is 9.65. The van der Waals surface area contributed by atoms with Crippen LogP contribution >= 0.6 is 23.2 Å². The van der Waals surface area contributed by atoms with Crippen molar-refractivity contribution in [1.29, 1.82) is 5.41 Å². The van der Waals surface area contributed by atoms with E-state index in [9.17, 15) is 5.11 Å². The number of fused-ring (bicyclic) bond motifs is 1. The van der Waals surface area contributed by atoms with Crippen molar-refractivity contribution in [1.82, 2.24) is 9.13 Å². The Labute approximate surface area is 175 Å². The van der Waals surface area contributed by atoms with E-state index in [0.717, 1.165) is 37.2 Å². The molecule has 2 aromatic carbocycles. The highest BCUT2D eigenvalue weighted by Crippen LogP contribution is 2.26. The lowest BCUT2D eigenvalue weighted by Crippen LogP contribution is -3.11. The molecule has 0 aliphatic rings. The third-order valence-corrected chi connectivity index (χ3v) is 6.09. The summed E-state index contributed by atoms with van der Waals surface area (Å²) >= 11 is 12.1. The second-order valence-corrected chi connectivity index (χ2v) is 7.79. The fourth-order valence-electron chi connectivity index (χ4n) is 3.58. The van der Waals surface area contributed by atoms with Crippen molar-refractivity contribution in [2.45, 2.75) is 33.0 Å². The minimum absolute atomic E-state index is 0.280. The van der Waals surface area contributed by atoms with Gasteiger partial charge in [0.1, 0.15) is 0 Å². The molecule has 0 fully saturated rings. The lowest BCUT2D eigenvalue weighted by molar-refractivity contribution is -0.897. The van der Waals surface area contributed by atoms with Crippen LogP contribution in [0.1, 0.15) is 25.5 Å². The number of hydrogen-bond donors (Lipinski definition) is 3. The molecule has 3 aromatic rings. The highest BCUT2D eigenvalue weighted by molar-refractivity contribution is 6.42. The van der Waals surface area contributed by atoms with Crippen molar-refractivity contribution in [2.24, 2.45) is 0 Å². The number of aliphatic hydroxyl groups is 1. The van der Waals surface area contributed by atoms with Gasteiger partial charge >= 0.3 is 0 Å². The van der Waals surface area contributed by atoms with Gasteiger partial charge in [-0.1, -0.05) is 41.4 Å². The van der Waals surface area contributed by atoms with Crippen molar-refractivity contribution >= 4 is 34.2 Å². The van der Waals surface area contributed by atoms with Crippen molar-refractivity contribution in [2.75, 3.05) is 19.6 Å². The number of halogens is 2. The third-order valence-electron chi connectivity index (χ3n) is 5.35. The Kier molecular flexibility index (Phi) is 6.83. The number of aliphatic hydroxyl groups excluding tert-OH is 1. The second-order valence-electron chi connectivity index (χ2n) is 6.97. The van der Waals surface area contributed by atoms with E-state index in [1.807, 2.05) is 33.4 Å². The van der Waals surface area contributed by atoms with Crippen LogP contribution in [0.3, 0.4) is 0 Å². The summed E-state index contributed by atoms with van der Waals surface area (Å²) in [6.07, 6.45) is -0.781. The van der Waals surface area contributed by atoms with Crippen LogP contribution in [0.15, 0.2) is 42.5 Å². The molecule has 28 heavy (non-hydrogen) atoms. The van der Waals surface area contributed by atoms with Gasteiger partial charge in [0.2, 0.25) is 5.62 Å². The zero-order valence-corrected chi connectivity index (χ0v) is 17.8. The lowest BCUT2D eigenvalue weighted by atomic mass is 10.1. The largest absolute Gasteiger partial charge is 0.387 e. The SMILES string of the molecule is CC[NH+](CC)CCn1c(=N)n(CC(O)c2ccc(Cl)c(Cl)c2)c2ccccc21. The van der Waals surface area contributed by atoms with E-state index in [1.165, 1.54) is 4.90 Å². The van der Waals surface area contributed by atoms with Gasteiger partial charge in [0.15, 0.2) is 0 Å². The van der Waals surface area contributed by atoms with Crippen LogP contribution in [0.2, 0.25) is 10.0 Å². The predicted octanol–water partition coefficient (Wildman–Crippen LogP) is 2.89. The second kappa shape index (κ2) is 9.14. The molecule has 5 nitrogen and oxygen atoms in total. The molecule has 1 atom stereocenters. The molecule has 150 valence electrons. The van der Waals surface area contributed by atoms with Gasteiger partial charge in [-0.2, -0.15) is 0 Å². The molecule has 0 saturated carbocycles. The van der Waals surface area contributed by atoms with Crippen LogP contribution in [0.25, 0.3) is 11.0 Å². The van der Waals surface area contributed by atoms with Gasteiger partial charge in [-0.05, 0) is 43.7 Å². The Morgan fingerprint density at radius 3 is 2.25 bits per heavy atom. The predicted molar refractivity (Wildman–Crippen MR) is 114 cm³/mol. The quantitative estimate of drug-likeness (QED) is 0.514. The number of quaternary nitrogens is 1. The highest BCUT2D eigenvalue weighted by atomic mass is 35.5. The first kappa shape index (κ1) is 20.9. The summed E-state index contributed by atoms with van der Waals surface area (Å²) in [6.45, 7) is 8.52. The van der Waals surface area contributed by atoms with Crippen molar-refractivity contribution < 1.29 is 10.0 Å². The maximum Gasteiger partial charge on any atom is 0.203 e. The van der Waals surface area contributed by atoms with Gasteiger partial charge in [0.25, 0.3) is 0 Å². The zero-order valence-electron chi connectivity index (χ0n) is 16.3. The zero-order chi connectivity index (χ0) is 20.3. The van der Waals surface area contributed by atoms with E-state index >= 15 is 0 Å². The van der Waals surface area contributed by atoms with Gasteiger partial charge in [-0.25, -0.2) is 0 Å². The number of nitrogens with zero attached hydrogens (tertiary/aromatic N) is 2. The molecule has 7 heteroatoms. The van der Waals surface area contributed by atoms with E-state index in [2.05, 4.69) is 13.8 Å². The molecule has 1 heterocycles. The van der Waals surface area contributed by atoms with E-state index < -0.39 is 6.10 Å². The number of para-hydroxylation sites is 2. The standard InChI is InChI=1S/C21H26Cl2N4O/c1-3-25(4-2)11-12-26-18-7-5-6-8-19(18)27(21(26)24)14-20(28)15-9-10-16(22)17(23)13-15/h5-10,13,20,24,28H,3-4,11-12,14H2,1-2H3/p+1. The number of likely N-dealkylation sites (N-methyl/N-ethyl adjacent to an activating group) is 1. The Hall–Kier alpha value is -1.79. The number of aromatic nitrogens is 2. The summed E-state index contributed by atoms with van der Waals surface area (Å²) in [5.41, 5.74) is 3.04. The molecule has 3 N–H and O–H groups in total. The molecule has 1 aromatic heterocycles. The molecule has 0 amide bonds. The minimum Gasteiger partial charge on any atom is -0.387 e. The first-order valence-corrected chi connectivity index (χ1v) is 10.4. The average molecular weight is 422 g/mol. The maximum absolute atomic E-state index is 10.8. The molecule has 0 bridgehead atoms. The molecule has 0 spiro atoms. The van der Waals surface area contributed by atoms with Crippen LogP contribution in [-0.4, -0.2) is 33.9 Å². The summed E-state index contributed by atoms with van der Waals surface area (Å²) in [5.74, 6) is 0. The summed E-state index contributed by atoms with van der Waals surface area (Å²) in [4.78, 5) is 1.50. The average Bonchev–Trinajstić information content (AvgIpc) is 2.96. The van der Waals surface area contributed by atoms with Crippen LogP contribution in [-0.2, 0) is 13.1 Å². The number of hydrogen-bond acceptors (Lipinski definition) is 2. The number of nitrogens with one attached hydrogen (secondary N) is 2. The summed E-state index contributed by atoms with van der Waals surface area (Å²) in [5, 5.41) is 20.4. The molecular weight excluding hydrogens is 395 g/mol. The lowest BCUT2D eigenvalue weighted by Gasteiger charge is -2.16. The number of benzene rings is 2. The first-order chi connectivity index (χ1) is 13.5. The Morgan fingerprint density at radius 1 is 1.00 bits per heavy atom. The Balaban J connectivity index is 1.93. The molecule has 3 rings (SSSR count). The van der Waals surface area contributed by atoms with E-state index in [4.69, 9.17) is 28.6 Å². The van der Waals surface area contributed by atoms with E-state index in [0.29, 0.717) is 21.2 Å². The summed E-state index contributed by atoms with van der Waals surface area (Å²) in [7, 11) is 0. The number of rotatable bonds is 8. The van der Waals surface area contributed by atoms with Crippen LogP contribution in [0.4, 0.5) is 0 Å². The minimum atomic E-state index is -0.781. The smallest absolute Gasteiger partial charge is 0.203 e. The fourth-order valence-corrected chi connectivity index (χ4v) is 3.88. The normalized spacial score (nSPS) is 12.8. The van der Waals surface area contributed by atoms with Crippen molar-refractivity contribution in [3.05, 3.63) is 63.7 Å². The molecular formula is C21H27Cl2N4O+. The molecule has 1 unspecified atom stereocenters. The molecule has 0 saturated heterocycles. The Morgan fingerprint density at radius 2 is 1.64 bits per heavy atom. The molecule has 0 radical (unpaired) electrons. The van der Waals surface area contributed by atoms with Crippen molar-refractivity contribution in [3.8, 4) is 0 Å².